The van der Waals surface area contributed by atoms with E-state index in [0.717, 1.165) is 6.42 Å². The fourth-order valence-corrected chi connectivity index (χ4v) is 1.81. The Hall–Kier alpha value is -1.26. The van der Waals surface area contributed by atoms with Gasteiger partial charge in [0.15, 0.2) is 0 Å². The number of urea groups is 1. The van der Waals surface area contributed by atoms with E-state index in [1.165, 1.54) is 0 Å². The lowest BCUT2D eigenvalue weighted by atomic mass is 10.0. The second-order valence-corrected chi connectivity index (χ2v) is 5.06. The summed E-state index contributed by atoms with van der Waals surface area (Å²) >= 11 is 0. The highest BCUT2D eigenvalue weighted by Crippen LogP contribution is 2.05. The van der Waals surface area contributed by atoms with Crippen LogP contribution in [0.3, 0.4) is 0 Å². The molecule has 0 spiro atoms. The van der Waals surface area contributed by atoms with Crippen LogP contribution in [0.25, 0.3) is 0 Å². The number of nitrogens with one attached hydrogen (secondary N) is 2. The van der Waals surface area contributed by atoms with E-state index in [2.05, 4.69) is 24.5 Å². The van der Waals surface area contributed by atoms with E-state index in [1.807, 2.05) is 13.8 Å². The maximum Gasteiger partial charge on any atom is 0.315 e. The van der Waals surface area contributed by atoms with Gasteiger partial charge in [-0.3, -0.25) is 4.79 Å². The smallest absolute Gasteiger partial charge is 0.315 e. The Morgan fingerprint density at radius 2 is 1.78 bits per heavy atom. The lowest BCUT2D eigenvalue weighted by Gasteiger charge is -2.22. The molecule has 0 aromatic carbocycles. The molecule has 0 rings (SSSR count). The Balaban J connectivity index is 3.89. The topological polar surface area (TPSA) is 78.4 Å². The van der Waals surface area contributed by atoms with Gasteiger partial charge in [0.2, 0.25) is 0 Å². The van der Waals surface area contributed by atoms with Crippen molar-refractivity contribution in [3.8, 4) is 0 Å². The molecule has 2 atom stereocenters. The SMILES string of the molecule is CCC(NC(=O)NC(C)CCCC(=O)O)C(C)C. The van der Waals surface area contributed by atoms with Crippen LogP contribution in [-0.2, 0) is 4.79 Å². The van der Waals surface area contributed by atoms with Gasteiger partial charge in [-0.25, -0.2) is 4.79 Å². The molecule has 0 saturated heterocycles. The number of carbonyl (C=O) groups is 2. The molecule has 5 nitrogen and oxygen atoms in total. The fraction of sp³-hybridized carbons (Fsp3) is 0.846. The highest BCUT2D eigenvalue weighted by Gasteiger charge is 2.15. The van der Waals surface area contributed by atoms with E-state index in [-0.39, 0.29) is 24.5 Å². The van der Waals surface area contributed by atoms with E-state index in [4.69, 9.17) is 5.11 Å². The van der Waals surface area contributed by atoms with Crippen molar-refractivity contribution in [3.05, 3.63) is 0 Å². The summed E-state index contributed by atoms with van der Waals surface area (Å²) in [4.78, 5) is 22.0. The number of aliphatic carboxylic acids is 1. The minimum absolute atomic E-state index is 0.00554. The molecule has 0 fully saturated rings. The summed E-state index contributed by atoms with van der Waals surface area (Å²) in [6.07, 6.45) is 2.31. The van der Waals surface area contributed by atoms with E-state index in [1.54, 1.807) is 0 Å². The number of carbonyl (C=O) groups excluding carboxylic acids is 1. The summed E-state index contributed by atoms with van der Waals surface area (Å²) in [6, 6.07) is 0.00335. The second-order valence-electron chi connectivity index (χ2n) is 5.06. The summed E-state index contributed by atoms with van der Waals surface area (Å²) in [5, 5.41) is 14.3. The number of carboxylic acid groups (broad SMARTS) is 1. The van der Waals surface area contributed by atoms with Crippen LogP contribution in [0, 0.1) is 5.92 Å². The standard InChI is InChI=1S/C13H26N2O3/c1-5-11(9(2)3)15-13(18)14-10(4)7-6-8-12(16)17/h9-11H,5-8H2,1-4H3,(H,16,17)(H2,14,15,18). The monoisotopic (exact) mass is 258 g/mol. The molecule has 0 aromatic rings. The van der Waals surface area contributed by atoms with Crippen molar-refractivity contribution in [1.82, 2.24) is 10.6 Å². The average Bonchev–Trinajstić information content (AvgIpc) is 2.24. The lowest BCUT2D eigenvalue weighted by molar-refractivity contribution is -0.137. The first-order valence-corrected chi connectivity index (χ1v) is 6.65. The van der Waals surface area contributed by atoms with Crippen LogP contribution in [0.5, 0.6) is 0 Å². The van der Waals surface area contributed by atoms with Crippen molar-refractivity contribution in [2.24, 2.45) is 5.92 Å². The van der Waals surface area contributed by atoms with Crippen molar-refractivity contribution in [2.45, 2.75) is 65.5 Å². The maximum atomic E-state index is 11.7. The normalized spacial score (nSPS) is 14.1. The number of hydrogen-bond donors (Lipinski definition) is 3. The molecule has 5 heteroatoms. The first kappa shape index (κ1) is 16.7. The van der Waals surface area contributed by atoms with Crippen molar-refractivity contribution >= 4 is 12.0 Å². The van der Waals surface area contributed by atoms with E-state index in [9.17, 15) is 9.59 Å². The quantitative estimate of drug-likeness (QED) is 0.625. The van der Waals surface area contributed by atoms with Crippen LogP contribution < -0.4 is 10.6 Å². The van der Waals surface area contributed by atoms with Gasteiger partial charge in [0.1, 0.15) is 0 Å². The zero-order valence-electron chi connectivity index (χ0n) is 11.8. The van der Waals surface area contributed by atoms with Crippen LogP contribution in [0.15, 0.2) is 0 Å². The fourth-order valence-electron chi connectivity index (χ4n) is 1.81. The first-order valence-electron chi connectivity index (χ1n) is 6.65. The van der Waals surface area contributed by atoms with Crippen LogP contribution in [-0.4, -0.2) is 29.2 Å². The molecule has 0 aromatic heterocycles. The zero-order chi connectivity index (χ0) is 14.1. The van der Waals surface area contributed by atoms with Crippen molar-refractivity contribution < 1.29 is 14.7 Å². The van der Waals surface area contributed by atoms with Gasteiger partial charge < -0.3 is 15.7 Å². The summed E-state index contributed by atoms with van der Waals surface area (Å²) in [5.74, 6) is -0.388. The molecule has 0 aliphatic heterocycles. The lowest BCUT2D eigenvalue weighted by Crippen LogP contribution is -2.47. The summed E-state index contributed by atoms with van der Waals surface area (Å²) in [7, 11) is 0. The Labute approximate surface area is 109 Å². The number of rotatable bonds is 8. The molecule has 2 unspecified atom stereocenters. The Bertz CT molecular complexity index is 267. The summed E-state index contributed by atoms with van der Waals surface area (Å²) < 4.78 is 0. The third kappa shape index (κ3) is 7.92. The van der Waals surface area contributed by atoms with Gasteiger partial charge in [-0.1, -0.05) is 20.8 Å². The third-order valence-electron chi connectivity index (χ3n) is 2.97. The van der Waals surface area contributed by atoms with Crippen molar-refractivity contribution in [1.29, 1.82) is 0 Å². The first-order chi connectivity index (χ1) is 8.36. The Morgan fingerprint density at radius 3 is 2.22 bits per heavy atom. The largest absolute Gasteiger partial charge is 0.481 e. The highest BCUT2D eigenvalue weighted by atomic mass is 16.4. The van der Waals surface area contributed by atoms with E-state index >= 15 is 0 Å². The Morgan fingerprint density at radius 1 is 1.17 bits per heavy atom. The molecule has 106 valence electrons. The Kier molecular flexibility index (Phi) is 8.16. The number of hydrogen-bond acceptors (Lipinski definition) is 2. The molecule has 0 saturated carbocycles. The molecule has 0 heterocycles. The van der Waals surface area contributed by atoms with E-state index < -0.39 is 5.97 Å². The van der Waals surface area contributed by atoms with Crippen LogP contribution >= 0.6 is 0 Å². The summed E-state index contributed by atoms with van der Waals surface area (Å²) in [5.41, 5.74) is 0. The van der Waals surface area contributed by atoms with Crippen LogP contribution in [0.2, 0.25) is 0 Å². The maximum absolute atomic E-state index is 11.7. The molecule has 0 bridgehead atoms. The molecule has 0 aliphatic rings. The predicted molar refractivity (Wildman–Crippen MR) is 71.5 cm³/mol. The van der Waals surface area contributed by atoms with Gasteiger partial charge in [-0.05, 0) is 32.1 Å². The average molecular weight is 258 g/mol. The third-order valence-corrected chi connectivity index (χ3v) is 2.97. The molecule has 3 N–H and O–H groups in total. The van der Waals surface area contributed by atoms with Gasteiger partial charge in [0.25, 0.3) is 0 Å². The van der Waals surface area contributed by atoms with Gasteiger partial charge in [-0.2, -0.15) is 0 Å². The molecule has 0 radical (unpaired) electrons. The molecule has 18 heavy (non-hydrogen) atoms. The number of carboxylic acids is 1. The molecule has 2 amide bonds. The highest BCUT2D eigenvalue weighted by molar-refractivity contribution is 5.74. The summed E-state index contributed by atoms with van der Waals surface area (Å²) in [6.45, 7) is 8.08. The van der Waals surface area contributed by atoms with Crippen molar-refractivity contribution in [2.75, 3.05) is 0 Å². The molecular formula is C13H26N2O3. The van der Waals surface area contributed by atoms with Gasteiger partial charge in [0, 0.05) is 18.5 Å². The van der Waals surface area contributed by atoms with Crippen LogP contribution in [0.4, 0.5) is 4.79 Å². The predicted octanol–water partition coefficient (Wildman–Crippen LogP) is 2.36. The van der Waals surface area contributed by atoms with Gasteiger partial charge in [-0.15, -0.1) is 0 Å². The van der Waals surface area contributed by atoms with E-state index in [0.29, 0.717) is 18.8 Å². The zero-order valence-corrected chi connectivity index (χ0v) is 11.8. The molecular weight excluding hydrogens is 232 g/mol. The number of amides is 2. The van der Waals surface area contributed by atoms with Crippen LogP contribution in [0.1, 0.15) is 53.4 Å². The molecule has 0 aliphatic carbocycles. The van der Waals surface area contributed by atoms with Gasteiger partial charge in [0.05, 0.1) is 0 Å². The second kappa shape index (κ2) is 8.78. The minimum atomic E-state index is -0.794. The van der Waals surface area contributed by atoms with Crippen molar-refractivity contribution in [3.63, 3.8) is 0 Å². The minimum Gasteiger partial charge on any atom is -0.481 e. The van der Waals surface area contributed by atoms with Gasteiger partial charge >= 0.3 is 12.0 Å².